The Labute approximate surface area is 178 Å². The molecule has 1 aliphatic rings. The van der Waals surface area contributed by atoms with E-state index in [9.17, 15) is 30.2 Å². The fourth-order valence-corrected chi connectivity index (χ4v) is 3.49. The number of hydrogen-bond acceptors (Lipinski definition) is 8. The van der Waals surface area contributed by atoms with Crippen molar-refractivity contribution in [1.29, 1.82) is 10.5 Å². The number of nitro groups is 1. The summed E-state index contributed by atoms with van der Waals surface area (Å²) in [4.78, 5) is 35.9. The zero-order valence-corrected chi connectivity index (χ0v) is 16.1. The lowest BCUT2D eigenvalue weighted by Crippen LogP contribution is -2.33. The fourth-order valence-electron chi connectivity index (χ4n) is 3.49. The van der Waals surface area contributed by atoms with E-state index < -0.39 is 22.0 Å². The number of aromatic amines is 1. The van der Waals surface area contributed by atoms with Crippen LogP contribution in [-0.2, 0) is 4.74 Å². The van der Waals surface area contributed by atoms with Gasteiger partial charge in [-0.25, -0.2) is 0 Å². The van der Waals surface area contributed by atoms with Gasteiger partial charge in [-0.2, -0.15) is 15.2 Å². The number of aromatic nitrogens is 2. The van der Waals surface area contributed by atoms with E-state index in [1.54, 1.807) is 12.1 Å². The van der Waals surface area contributed by atoms with Crippen LogP contribution in [0.4, 0.5) is 5.69 Å². The van der Waals surface area contributed by atoms with Gasteiger partial charge in [0.25, 0.3) is 16.8 Å². The smallest absolute Gasteiger partial charge is 0.280 e. The molecule has 0 aliphatic carbocycles. The first-order valence-electron chi connectivity index (χ1n) is 9.08. The Morgan fingerprint density at radius 3 is 2.25 bits per heavy atom. The Bertz CT molecular complexity index is 1550. The molecule has 0 fully saturated rings. The summed E-state index contributed by atoms with van der Waals surface area (Å²) in [6.07, 6.45) is 0. The van der Waals surface area contributed by atoms with E-state index in [1.807, 2.05) is 12.1 Å². The molecule has 0 spiro atoms. The summed E-state index contributed by atoms with van der Waals surface area (Å²) < 4.78 is 6.22. The number of rotatable bonds is 3. The second-order valence-electron chi connectivity index (χ2n) is 6.73. The molecule has 2 heterocycles. The summed E-state index contributed by atoms with van der Waals surface area (Å²) in [5.41, 5.74) is 4.50. The average Bonchev–Trinajstić information content (AvgIpc) is 2.80. The summed E-state index contributed by atoms with van der Waals surface area (Å²) in [5, 5.41) is 33.1. The second kappa shape index (κ2) is 7.59. The van der Waals surface area contributed by atoms with Crippen LogP contribution in [0.2, 0.25) is 0 Å². The van der Waals surface area contributed by atoms with Crippen molar-refractivity contribution in [2.45, 2.75) is 5.92 Å². The third kappa shape index (κ3) is 3.07. The molecular weight excluding hydrogens is 416 g/mol. The van der Waals surface area contributed by atoms with Gasteiger partial charge in [0.2, 0.25) is 11.8 Å². The SMILES string of the molecule is N#CC1=C(N)OC(n2[nH]c(=O)c3ccccc3c2=O)=C(C#N)C1c1ccc([N+](=O)[O-])cc1. The minimum absolute atomic E-state index is 0.0881. The van der Waals surface area contributed by atoms with Crippen LogP contribution >= 0.6 is 0 Å². The van der Waals surface area contributed by atoms with Crippen LogP contribution in [0.15, 0.2) is 75.1 Å². The number of ether oxygens (including phenoxy) is 1. The second-order valence-corrected chi connectivity index (χ2v) is 6.73. The van der Waals surface area contributed by atoms with Gasteiger partial charge >= 0.3 is 0 Å². The van der Waals surface area contributed by atoms with E-state index in [0.29, 0.717) is 5.56 Å². The van der Waals surface area contributed by atoms with Gasteiger partial charge in [0, 0.05) is 12.1 Å². The van der Waals surface area contributed by atoms with Gasteiger partial charge in [-0.15, -0.1) is 0 Å². The van der Waals surface area contributed by atoms with Gasteiger partial charge in [0.1, 0.15) is 23.3 Å². The number of benzene rings is 2. The minimum atomic E-state index is -1.07. The Balaban J connectivity index is 2.00. The van der Waals surface area contributed by atoms with Crippen LogP contribution in [-0.4, -0.2) is 14.7 Å². The number of nitrogens with zero attached hydrogens (tertiary/aromatic N) is 4. The average molecular weight is 428 g/mol. The molecule has 1 atom stereocenters. The topological polar surface area (TPSA) is 181 Å². The van der Waals surface area contributed by atoms with E-state index in [1.165, 1.54) is 36.4 Å². The lowest BCUT2D eigenvalue weighted by atomic mass is 9.84. The van der Waals surface area contributed by atoms with Crippen LogP contribution in [0.25, 0.3) is 16.7 Å². The van der Waals surface area contributed by atoms with E-state index in [0.717, 1.165) is 4.68 Å². The van der Waals surface area contributed by atoms with Crippen molar-refractivity contribution < 1.29 is 9.66 Å². The molecule has 0 radical (unpaired) electrons. The standard InChI is InChI=1S/C21H12N6O5/c22-9-15-17(11-5-7-12(8-6-11)27(30)31)16(10-23)21(32-18(15)24)26-20(29)14-4-2-1-3-13(14)19(28)25-26/h1-8,17H,24H2,(H,25,28). The number of H-pyrrole nitrogens is 1. The molecule has 0 amide bonds. The predicted molar refractivity (Wildman–Crippen MR) is 111 cm³/mol. The minimum Gasteiger partial charge on any atom is -0.421 e. The van der Waals surface area contributed by atoms with Crippen molar-refractivity contribution in [1.82, 2.24) is 9.78 Å². The molecule has 32 heavy (non-hydrogen) atoms. The normalized spacial score (nSPS) is 15.8. The number of nitriles is 2. The molecule has 156 valence electrons. The molecule has 11 nitrogen and oxygen atoms in total. The Morgan fingerprint density at radius 2 is 1.66 bits per heavy atom. The van der Waals surface area contributed by atoms with Crippen LogP contribution in [0, 0.1) is 32.8 Å². The molecule has 1 unspecified atom stereocenters. The van der Waals surface area contributed by atoms with Crippen molar-refractivity contribution in [2.24, 2.45) is 5.73 Å². The van der Waals surface area contributed by atoms with E-state index in [-0.39, 0.29) is 39.4 Å². The molecule has 2 aromatic carbocycles. The number of fused-ring (bicyclic) bond motifs is 1. The molecular formula is C21H12N6O5. The van der Waals surface area contributed by atoms with Gasteiger partial charge in [-0.1, -0.05) is 24.3 Å². The van der Waals surface area contributed by atoms with Crippen molar-refractivity contribution in [3.8, 4) is 12.1 Å². The third-order valence-electron chi connectivity index (χ3n) is 4.98. The predicted octanol–water partition coefficient (Wildman–Crippen LogP) is 1.80. The van der Waals surface area contributed by atoms with Gasteiger partial charge in [-0.05, 0) is 17.7 Å². The molecule has 0 saturated carbocycles. The summed E-state index contributed by atoms with van der Waals surface area (Å²) in [7, 11) is 0. The summed E-state index contributed by atoms with van der Waals surface area (Å²) in [5.74, 6) is -1.80. The Kier molecular flexibility index (Phi) is 4.77. The summed E-state index contributed by atoms with van der Waals surface area (Å²) in [6, 6.07) is 15.1. The maximum atomic E-state index is 13.0. The first kappa shape index (κ1) is 20.1. The van der Waals surface area contributed by atoms with Crippen molar-refractivity contribution in [3.05, 3.63) is 102 Å². The van der Waals surface area contributed by atoms with Crippen LogP contribution in [0.3, 0.4) is 0 Å². The fraction of sp³-hybridized carbons (Fsp3) is 0.0476. The van der Waals surface area contributed by atoms with E-state index >= 15 is 0 Å². The monoisotopic (exact) mass is 428 g/mol. The highest BCUT2D eigenvalue weighted by molar-refractivity contribution is 5.81. The van der Waals surface area contributed by atoms with Gasteiger partial charge in [-0.3, -0.25) is 24.8 Å². The lowest BCUT2D eigenvalue weighted by molar-refractivity contribution is -0.384. The highest BCUT2D eigenvalue weighted by atomic mass is 16.6. The summed E-state index contributed by atoms with van der Waals surface area (Å²) >= 11 is 0. The third-order valence-corrected chi connectivity index (χ3v) is 4.98. The molecule has 11 heteroatoms. The van der Waals surface area contributed by atoms with Crippen molar-refractivity contribution in [3.63, 3.8) is 0 Å². The van der Waals surface area contributed by atoms with E-state index in [2.05, 4.69) is 5.10 Å². The van der Waals surface area contributed by atoms with Crippen LogP contribution in [0.1, 0.15) is 11.5 Å². The highest BCUT2D eigenvalue weighted by Gasteiger charge is 2.35. The van der Waals surface area contributed by atoms with E-state index in [4.69, 9.17) is 10.5 Å². The van der Waals surface area contributed by atoms with Gasteiger partial charge in [0.05, 0.1) is 21.6 Å². The number of nitrogens with two attached hydrogens (primary N) is 1. The first-order valence-corrected chi connectivity index (χ1v) is 9.08. The maximum Gasteiger partial charge on any atom is 0.280 e. The largest absolute Gasteiger partial charge is 0.421 e. The lowest BCUT2D eigenvalue weighted by Gasteiger charge is -2.26. The van der Waals surface area contributed by atoms with Crippen LogP contribution in [0.5, 0.6) is 0 Å². The molecule has 0 saturated heterocycles. The number of non-ortho nitro benzene ring substituents is 1. The number of nitro benzene ring substituents is 1. The van der Waals surface area contributed by atoms with Gasteiger partial charge < -0.3 is 10.5 Å². The molecule has 1 aromatic heterocycles. The Hall–Kier alpha value is -5.16. The number of allylic oxidation sites excluding steroid dienone is 2. The number of hydrogen-bond donors (Lipinski definition) is 2. The van der Waals surface area contributed by atoms with Crippen LogP contribution < -0.4 is 16.9 Å². The molecule has 1 aliphatic heterocycles. The first-order chi connectivity index (χ1) is 15.4. The number of nitrogens with one attached hydrogen (secondary N) is 1. The van der Waals surface area contributed by atoms with Crippen molar-refractivity contribution >= 4 is 22.3 Å². The molecule has 3 N–H and O–H groups in total. The quantitative estimate of drug-likeness (QED) is 0.467. The zero-order chi connectivity index (χ0) is 23.0. The zero-order valence-electron chi connectivity index (χ0n) is 16.1. The molecule has 3 aromatic rings. The van der Waals surface area contributed by atoms with Gasteiger partial charge in [0.15, 0.2) is 0 Å². The highest BCUT2D eigenvalue weighted by Crippen LogP contribution is 2.40. The maximum absolute atomic E-state index is 13.0. The molecule has 4 rings (SSSR count). The summed E-state index contributed by atoms with van der Waals surface area (Å²) in [6.45, 7) is 0. The Morgan fingerprint density at radius 1 is 1.03 bits per heavy atom. The van der Waals surface area contributed by atoms with Crippen molar-refractivity contribution in [2.75, 3.05) is 0 Å². The molecule has 0 bridgehead atoms.